The van der Waals surface area contributed by atoms with Crippen molar-refractivity contribution in [2.45, 2.75) is 11.8 Å². The third kappa shape index (κ3) is 2.54. The van der Waals surface area contributed by atoms with Gasteiger partial charge >= 0.3 is 5.97 Å². The van der Waals surface area contributed by atoms with E-state index in [1.165, 1.54) is 11.8 Å². The van der Waals surface area contributed by atoms with Crippen LogP contribution in [-0.2, 0) is 11.2 Å². The zero-order chi connectivity index (χ0) is 10.8. The average Bonchev–Trinajstić information content (AvgIpc) is 2.56. The van der Waals surface area contributed by atoms with Gasteiger partial charge in [0.1, 0.15) is 11.0 Å². The summed E-state index contributed by atoms with van der Waals surface area (Å²) in [7, 11) is 0. The zero-order valence-electron chi connectivity index (χ0n) is 7.74. The Kier molecular flexibility index (Phi) is 3.02. The van der Waals surface area contributed by atoms with Gasteiger partial charge in [-0.2, -0.15) is 0 Å². The summed E-state index contributed by atoms with van der Waals surface area (Å²) in [5.74, 6) is 0.0634. The smallest absolute Gasteiger partial charge is 0.313 e. The van der Waals surface area contributed by atoms with Crippen LogP contribution in [0.2, 0.25) is 5.15 Å². The SMILES string of the molecule is O=C(O)CSC1Cc2ccc(Cl)nc2N1. The summed E-state index contributed by atoms with van der Waals surface area (Å²) in [6.45, 7) is 0. The number of thioether (sulfide) groups is 1. The van der Waals surface area contributed by atoms with Crippen LogP contribution in [0.1, 0.15) is 5.56 Å². The predicted molar refractivity (Wildman–Crippen MR) is 60.5 cm³/mol. The molecule has 0 bridgehead atoms. The molecule has 0 saturated carbocycles. The first-order chi connectivity index (χ1) is 7.15. The number of fused-ring (bicyclic) bond motifs is 1. The first-order valence-corrected chi connectivity index (χ1v) is 5.83. The van der Waals surface area contributed by atoms with Crippen molar-refractivity contribution in [1.82, 2.24) is 4.98 Å². The number of aliphatic carboxylic acids is 1. The summed E-state index contributed by atoms with van der Waals surface area (Å²) >= 11 is 7.11. The number of carboxylic acid groups (broad SMARTS) is 1. The van der Waals surface area contributed by atoms with Gasteiger partial charge in [0.2, 0.25) is 0 Å². The Bertz CT molecular complexity index is 400. The topological polar surface area (TPSA) is 62.2 Å². The van der Waals surface area contributed by atoms with Crippen molar-refractivity contribution in [3.05, 3.63) is 22.8 Å². The van der Waals surface area contributed by atoms with Crippen molar-refractivity contribution in [2.24, 2.45) is 0 Å². The van der Waals surface area contributed by atoms with Crippen LogP contribution in [0.4, 0.5) is 5.82 Å². The normalized spacial score (nSPS) is 18.3. The highest BCUT2D eigenvalue weighted by molar-refractivity contribution is 8.00. The number of pyridine rings is 1. The number of nitrogens with zero attached hydrogens (tertiary/aromatic N) is 1. The molecule has 80 valence electrons. The highest BCUT2D eigenvalue weighted by atomic mass is 35.5. The van der Waals surface area contributed by atoms with Gasteiger partial charge in [-0.05, 0) is 11.6 Å². The predicted octanol–water partition coefficient (Wildman–Crippen LogP) is 1.85. The van der Waals surface area contributed by atoms with E-state index in [9.17, 15) is 4.79 Å². The Hall–Kier alpha value is -0.940. The van der Waals surface area contributed by atoms with E-state index < -0.39 is 5.97 Å². The van der Waals surface area contributed by atoms with Gasteiger partial charge in [-0.3, -0.25) is 4.79 Å². The molecule has 4 nitrogen and oxygen atoms in total. The Morgan fingerprint density at radius 1 is 1.73 bits per heavy atom. The summed E-state index contributed by atoms with van der Waals surface area (Å²) in [6, 6.07) is 3.66. The summed E-state index contributed by atoms with van der Waals surface area (Å²) in [5.41, 5.74) is 1.09. The first kappa shape index (κ1) is 10.6. The molecule has 0 saturated heterocycles. The van der Waals surface area contributed by atoms with Crippen LogP contribution in [-0.4, -0.2) is 27.2 Å². The molecular weight excluding hydrogens is 236 g/mol. The molecule has 2 rings (SSSR count). The van der Waals surface area contributed by atoms with Crippen LogP contribution in [0.25, 0.3) is 0 Å². The average molecular weight is 245 g/mol. The fraction of sp³-hybridized carbons (Fsp3) is 0.333. The Morgan fingerprint density at radius 2 is 2.53 bits per heavy atom. The zero-order valence-corrected chi connectivity index (χ0v) is 9.31. The molecule has 0 aliphatic carbocycles. The lowest BCUT2D eigenvalue weighted by Gasteiger charge is -2.07. The molecule has 2 N–H and O–H groups in total. The van der Waals surface area contributed by atoms with Gasteiger partial charge in [0.15, 0.2) is 0 Å². The third-order valence-corrected chi connectivity index (χ3v) is 3.37. The quantitative estimate of drug-likeness (QED) is 0.795. The molecule has 1 atom stereocenters. The van der Waals surface area contributed by atoms with Crippen molar-refractivity contribution < 1.29 is 9.90 Å². The van der Waals surface area contributed by atoms with Crippen molar-refractivity contribution in [1.29, 1.82) is 0 Å². The van der Waals surface area contributed by atoms with Crippen LogP contribution in [0, 0.1) is 0 Å². The van der Waals surface area contributed by atoms with Crippen molar-refractivity contribution in [3.8, 4) is 0 Å². The maximum Gasteiger partial charge on any atom is 0.313 e. The fourth-order valence-corrected chi connectivity index (χ4v) is 2.41. The van der Waals surface area contributed by atoms with E-state index in [1.54, 1.807) is 6.07 Å². The molecule has 0 amide bonds. The number of hydrogen-bond acceptors (Lipinski definition) is 4. The lowest BCUT2D eigenvalue weighted by molar-refractivity contribution is -0.133. The number of carboxylic acids is 1. The number of anilines is 1. The second-order valence-corrected chi connectivity index (χ2v) is 4.76. The molecule has 6 heteroatoms. The second kappa shape index (κ2) is 4.28. The maximum absolute atomic E-state index is 10.4. The number of halogens is 1. The molecule has 1 aromatic heterocycles. The van der Waals surface area contributed by atoms with Crippen LogP contribution < -0.4 is 5.32 Å². The molecule has 15 heavy (non-hydrogen) atoms. The minimum atomic E-state index is -0.802. The molecule has 2 heterocycles. The highest BCUT2D eigenvalue weighted by Crippen LogP contribution is 2.30. The van der Waals surface area contributed by atoms with E-state index in [0.29, 0.717) is 5.15 Å². The lowest BCUT2D eigenvalue weighted by atomic mass is 10.2. The van der Waals surface area contributed by atoms with Crippen molar-refractivity contribution in [3.63, 3.8) is 0 Å². The van der Waals surface area contributed by atoms with Gasteiger partial charge in [-0.25, -0.2) is 4.98 Å². The second-order valence-electron chi connectivity index (χ2n) is 3.18. The third-order valence-electron chi connectivity index (χ3n) is 2.06. The number of rotatable bonds is 3. The number of nitrogens with one attached hydrogen (secondary N) is 1. The van der Waals surface area contributed by atoms with E-state index in [-0.39, 0.29) is 11.1 Å². The molecule has 1 aliphatic heterocycles. The van der Waals surface area contributed by atoms with Gasteiger partial charge in [0.25, 0.3) is 0 Å². The standard InChI is InChI=1S/C9H9ClN2O2S/c10-6-2-1-5-3-7(12-9(5)11-6)15-4-8(13)14/h1-2,7H,3-4H2,(H,11,12)(H,13,14). The maximum atomic E-state index is 10.4. The molecule has 0 radical (unpaired) electrons. The lowest BCUT2D eigenvalue weighted by Crippen LogP contribution is -2.14. The van der Waals surface area contributed by atoms with E-state index in [2.05, 4.69) is 10.3 Å². The minimum Gasteiger partial charge on any atom is -0.481 e. The number of aromatic nitrogens is 1. The van der Waals surface area contributed by atoms with E-state index in [1.807, 2.05) is 6.07 Å². The largest absolute Gasteiger partial charge is 0.481 e. The van der Waals surface area contributed by atoms with E-state index in [0.717, 1.165) is 17.8 Å². The van der Waals surface area contributed by atoms with Gasteiger partial charge in [0, 0.05) is 6.42 Å². The Morgan fingerprint density at radius 3 is 3.27 bits per heavy atom. The van der Waals surface area contributed by atoms with Gasteiger partial charge in [-0.15, -0.1) is 11.8 Å². The van der Waals surface area contributed by atoms with E-state index in [4.69, 9.17) is 16.7 Å². The first-order valence-electron chi connectivity index (χ1n) is 4.40. The minimum absolute atomic E-state index is 0.0852. The van der Waals surface area contributed by atoms with Crippen LogP contribution in [0.15, 0.2) is 12.1 Å². The Balaban J connectivity index is 2.00. The van der Waals surface area contributed by atoms with E-state index >= 15 is 0 Å². The summed E-state index contributed by atoms with van der Waals surface area (Å²) in [5, 5.41) is 12.2. The van der Waals surface area contributed by atoms with Crippen LogP contribution in [0.3, 0.4) is 0 Å². The summed E-state index contributed by atoms with van der Waals surface area (Å²) in [4.78, 5) is 14.5. The molecular formula is C9H9ClN2O2S. The van der Waals surface area contributed by atoms with Crippen LogP contribution >= 0.6 is 23.4 Å². The van der Waals surface area contributed by atoms with Gasteiger partial charge in [-0.1, -0.05) is 17.7 Å². The van der Waals surface area contributed by atoms with Gasteiger partial charge < -0.3 is 10.4 Å². The highest BCUT2D eigenvalue weighted by Gasteiger charge is 2.22. The molecule has 1 unspecified atom stereocenters. The number of carbonyl (C=O) groups is 1. The Labute approximate surface area is 96.0 Å². The number of hydrogen-bond donors (Lipinski definition) is 2. The van der Waals surface area contributed by atoms with Gasteiger partial charge in [0.05, 0.1) is 11.1 Å². The molecule has 0 aromatic carbocycles. The summed E-state index contributed by atoms with van der Waals surface area (Å²) in [6.07, 6.45) is 0.789. The van der Waals surface area contributed by atoms with Crippen molar-refractivity contribution in [2.75, 3.05) is 11.1 Å². The molecule has 1 aliphatic rings. The monoisotopic (exact) mass is 244 g/mol. The van der Waals surface area contributed by atoms with Crippen LogP contribution in [0.5, 0.6) is 0 Å². The molecule has 0 spiro atoms. The van der Waals surface area contributed by atoms with Crippen molar-refractivity contribution >= 4 is 35.1 Å². The molecule has 0 fully saturated rings. The molecule has 1 aromatic rings. The fourth-order valence-electron chi connectivity index (χ4n) is 1.43. The summed E-state index contributed by atoms with van der Waals surface area (Å²) < 4.78 is 0.